The van der Waals surface area contributed by atoms with Gasteiger partial charge >= 0.3 is 0 Å². The zero-order valence-corrected chi connectivity index (χ0v) is 13.1. The van der Waals surface area contributed by atoms with Crippen LogP contribution in [0.15, 0.2) is 42.7 Å². The van der Waals surface area contributed by atoms with Crippen molar-refractivity contribution in [3.63, 3.8) is 0 Å². The Bertz CT molecular complexity index is 673. The van der Waals surface area contributed by atoms with Crippen LogP contribution in [0.4, 0.5) is 4.39 Å². The second kappa shape index (κ2) is 6.28. The fourth-order valence-electron chi connectivity index (χ4n) is 3.80. The van der Waals surface area contributed by atoms with E-state index in [0.29, 0.717) is 5.92 Å². The molecular weight excluding hydrogens is 291 g/mol. The van der Waals surface area contributed by atoms with E-state index in [1.54, 1.807) is 12.1 Å². The fourth-order valence-corrected chi connectivity index (χ4v) is 3.80. The molecule has 1 aliphatic heterocycles. The molecular formula is C19H21FN2O. The summed E-state index contributed by atoms with van der Waals surface area (Å²) in [4.78, 5) is 6.72. The Balaban J connectivity index is 1.33. The topological polar surface area (TPSA) is 25.4 Å². The molecule has 0 amide bonds. The van der Waals surface area contributed by atoms with E-state index in [9.17, 15) is 4.39 Å². The number of aromatic nitrogens is 1. The molecule has 4 rings (SSSR count). The second-order valence-corrected chi connectivity index (χ2v) is 6.55. The van der Waals surface area contributed by atoms with Crippen LogP contribution in [0.2, 0.25) is 0 Å². The van der Waals surface area contributed by atoms with Gasteiger partial charge in [-0.3, -0.25) is 9.88 Å². The lowest BCUT2D eigenvalue weighted by molar-refractivity contribution is 0.197. The van der Waals surface area contributed by atoms with Gasteiger partial charge in [-0.15, -0.1) is 0 Å². The summed E-state index contributed by atoms with van der Waals surface area (Å²) in [5, 5.41) is 0. The summed E-state index contributed by atoms with van der Waals surface area (Å²) in [5.74, 6) is 1.16. The molecule has 2 heterocycles. The van der Waals surface area contributed by atoms with Crippen LogP contribution in [0.1, 0.15) is 29.9 Å². The lowest BCUT2D eigenvalue weighted by Gasteiger charge is -2.21. The van der Waals surface area contributed by atoms with Crippen LogP contribution in [-0.4, -0.2) is 35.6 Å². The van der Waals surface area contributed by atoms with Crippen molar-refractivity contribution >= 4 is 0 Å². The molecule has 2 aromatic rings. The monoisotopic (exact) mass is 312 g/mol. The first-order chi connectivity index (χ1) is 11.3. The Kier molecular flexibility index (Phi) is 4.00. The maximum atomic E-state index is 12.9. The summed E-state index contributed by atoms with van der Waals surface area (Å²) in [6.45, 7) is 3.12. The zero-order chi connectivity index (χ0) is 15.6. The van der Waals surface area contributed by atoms with Gasteiger partial charge in [0, 0.05) is 32.0 Å². The number of benzene rings is 1. The van der Waals surface area contributed by atoms with Gasteiger partial charge in [-0.2, -0.15) is 0 Å². The summed E-state index contributed by atoms with van der Waals surface area (Å²) in [6.07, 6.45) is 7.53. The standard InChI is InChI=1S/C19H21FN2O/c20-16-3-5-17(6-4-16)23-18-8-10-22(13-18)12-15-2-1-14-11-21-9-7-19(14)15/h3-7,9,11,15,18H,1-2,8,10,12-13H2/t15?,18-/m0/s1. The molecule has 0 bridgehead atoms. The molecule has 120 valence electrons. The molecule has 1 unspecified atom stereocenters. The predicted octanol–water partition coefficient (Wildman–Crippen LogP) is 3.40. The Hall–Kier alpha value is -1.94. The molecule has 1 aliphatic carbocycles. The van der Waals surface area contributed by atoms with E-state index < -0.39 is 0 Å². The molecule has 0 N–H and O–H groups in total. The van der Waals surface area contributed by atoms with Gasteiger partial charge in [0.15, 0.2) is 0 Å². The van der Waals surface area contributed by atoms with Gasteiger partial charge < -0.3 is 4.74 Å². The molecule has 1 fully saturated rings. The number of aryl methyl sites for hydroxylation is 1. The predicted molar refractivity (Wildman–Crippen MR) is 87.2 cm³/mol. The van der Waals surface area contributed by atoms with E-state index >= 15 is 0 Å². The van der Waals surface area contributed by atoms with Crippen molar-refractivity contribution in [1.29, 1.82) is 0 Å². The summed E-state index contributed by atoms with van der Waals surface area (Å²) >= 11 is 0. The van der Waals surface area contributed by atoms with Crippen molar-refractivity contribution < 1.29 is 9.13 Å². The van der Waals surface area contributed by atoms with Gasteiger partial charge in [0.1, 0.15) is 17.7 Å². The maximum absolute atomic E-state index is 12.9. The minimum Gasteiger partial charge on any atom is -0.489 e. The number of halogens is 1. The molecule has 23 heavy (non-hydrogen) atoms. The summed E-state index contributed by atoms with van der Waals surface area (Å²) in [7, 11) is 0. The van der Waals surface area contributed by atoms with Gasteiger partial charge in [-0.25, -0.2) is 4.39 Å². The Labute approximate surface area is 136 Å². The maximum Gasteiger partial charge on any atom is 0.123 e. The molecule has 1 saturated heterocycles. The van der Waals surface area contributed by atoms with Crippen molar-refractivity contribution in [1.82, 2.24) is 9.88 Å². The molecule has 4 heteroatoms. The van der Waals surface area contributed by atoms with E-state index in [2.05, 4.69) is 16.0 Å². The van der Waals surface area contributed by atoms with Crippen LogP contribution in [0.25, 0.3) is 0 Å². The van der Waals surface area contributed by atoms with Crippen LogP contribution in [0.3, 0.4) is 0 Å². The van der Waals surface area contributed by atoms with E-state index in [4.69, 9.17) is 4.74 Å². The van der Waals surface area contributed by atoms with Crippen LogP contribution in [0, 0.1) is 5.82 Å². The van der Waals surface area contributed by atoms with Gasteiger partial charge in [-0.05, 0) is 66.6 Å². The number of likely N-dealkylation sites (tertiary alicyclic amines) is 1. The first-order valence-corrected chi connectivity index (χ1v) is 8.35. The number of hydrogen-bond donors (Lipinski definition) is 0. The first-order valence-electron chi connectivity index (χ1n) is 8.35. The highest BCUT2D eigenvalue weighted by molar-refractivity contribution is 5.32. The third-order valence-corrected chi connectivity index (χ3v) is 4.97. The third kappa shape index (κ3) is 3.22. The quantitative estimate of drug-likeness (QED) is 0.865. The van der Waals surface area contributed by atoms with E-state index in [0.717, 1.165) is 38.2 Å². The Morgan fingerprint density at radius 3 is 2.91 bits per heavy atom. The minimum absolute atomic E-state index is 0.207. The van der Waals surface area contributed by atoms with Crippen molar-refractivity contribution in [2.24, 2.45) is 0 Å². The molecule has 2 aliphatic rings. The molecule has 2 atom stereocenters. The molecule has 0 saturated carbocycles. The lowest BCUT2D eigenvalue weighted by Crippen LogP contribution is -2.28. The lowest BCUT2D eigenvalue weighted by atomic mass is 10.0. The van der Waals surface area contributed by atoms with Crippen molar-refractivity contribution in [2.45, 2.75) is 31.3 Å². The SMILES string of the molecule is Fc1ccc(O[C@H]2CCN(CC3CCc4cnccc43)C2)cc1. The second-order valence-electron chi connectivity index (χ2n) is 6.55. The highest BCUT2D eigenvalue weighted by atomic mass is 19.1. The number of pyridine rings is 1. The number of hydrogen-bond acceptors (Lipinski definition) is 3. The normalized spacial score (nSPS) is 23.9. The van der Waals surface area contributed by atoms with Crippen molar-refractivity contribution in [2.75, 3.05) is 19.6 Å². The van der Waals surface area contributed by atoms with Gasteiger partial charge in [0.05, 0.1) is 0 Å². The number of rotatable bonds is 4. The van der Waals surface area contributed by atoms with E-state index in [1.165, 1.54) is 29.7 Å². The van der Waals surface area contributed by atoms with E-state index in [1.807, 2.05) is 12.4 Å². The Morgan fingerprint density at radius 1 is 1.17 bits per heavy atom. The van der Waals surface area contributed by atoms with Crippen LogP contribution >= 0.6 is 0 Å². The number of ether oxygens (including phenoxy) is 1. The van der Waals surface area contributed by atoms with Gasteiger partial charge in [0.25, 0.3) is 0 Å². The minimum atomic E-state index is -0.222. The highest BCUT2D eigenvalue weighted by Crippen LogP contribution is 2.33. The molecule has 3 nitrogen and oxygen atoms in total. The average Bonchev–Trinajstić information content (AvgIpc) is 3.18. The first kappa shape index (κ1) is 14.6. The summed E-state index contributed by atoms with van der Waals surface area (Å²) in [5.41, 5.74) is 2.89. The molecule has 0 radical (unpaired) electrons. The molecule has 0 spiro atoms. The van der Waals surface area contributed by atoms with Crippen molar-refractivity contribution in [3.05, 3.63) is 59.7 Å². The van der Waals surface area contributed by atoms with Gasteiger partial charge in [0.2, 0.25) is 0 Å². The average molecular weight is 312 g/mol. The van der Waals surface area contributed by atoms with Gasteiger partial charge in [-0.1, -0.05) is 0 Å². The summed E-state index contributed by atoms with van der Waals surface area (Å²) in [6, 6.07) is 8.49. The molecule has 1 aromatic carbocycles. The van der Waals surface area contributed by atoms with Crippen LogP contribution in [-0.2, 0) is 6.42 Å². The summed E-state index contributed by atoms with van der Waals surface area (Å²) < 4.78 is 18.9. The van der Waals surface area contributed by atoms with Crippen molar-refractivity contribution in [3.8, 4) is 5.75 Å². The highest BCUT2D eigenvalue weighted by Gasteiger charge is 2.29. The largest absolute Gasteiger partial charge is 0.489 e. The fraction of sp³-hybridized carbons (Fsp3) is 0.421. The smallest absolute Gasteiger partial charge is 0.123 e. The molecule has 1 aromatic heterocycles. The zero-order valence-electron chi connectivity index (χ0n) is 13.1. The number of nitrogens with zero attached hydrogens (tertiary/aromatic N) is 2. The van der Waals surface area contributed by atoms with E-state index in [-0.39, 0.29) is 11.9 Å². The Morgan fingerprint density at radius 2 is 2.04 bits per heavy atom. The third-order valence-electron chi connectivity index (χ3n) is 4.97. The van der Waals surface area contributed by atoms with Crippen LogP contribution < -0.4 is 4.74 Å². The van der Waals surface area contributed by atoms with Crippen LogP contribution in [0.5, 0.6) is 5.75 Å². The number of fused-ring (bicyclic) bond motifs is 1.